The number of hydrogen-bond acceptors (Lipinski definition) is 4. The van der Waals surface area contributed by atoms with Gasteiger partial charge in [0.05, 0.1) is 29.6 Å². The van der Waals surface area contributed by atoms with Crippen LogP contribution in [0.25, 0.3) is 0 Å². The summed E-state index contributed by atoms with van der Waals surface area (Å²) in [4.78, 5) is 10.5. The van der Waals surface area contributed by atoms with Crippen LogP contribution in [-0.4, -0.2) is 35.3 Å². The Morgan fingerprint density at radius 3 is 2.33 bits per heavy atom. The number of halogens is 1. The molecule has 1 aromatic rings. The topological polar surface area (TPSA) is 38.2 Å². The van der Waals surface area contributed by atoms with Crippen molar-refractivity contribution in [2.24, 2.45) is 0 Å². The number of morpholine rings is 1. The molecule has 2 rings (SSSR count). The molecule has 2 heterocycles. The zero-order valence-corrected chi connectivity index (χ0v) is 9.61. The summed E-state index contributed by atoms with van der Waals surface area (Å²) in [7, 11) is 0. The van der Waals surface area contributed by atoms with Crippen molar-refractivity contribution >= 4 is 17.5 Å². The van der Waals surface area contributed by atoms with E-state index in [0.717, 1.165) is 19.0 Å². The van der Waals surface area contributed by atoms with E-state index in [9.17, 15) is 0 Å². The molecule has 1 aromatic heterocycles. The molecule has 1 aliphatic rings. The number of ether oxygens (including phenoxy) is 1. The smallest absolute Gasteiger partial charge is 0.225 e. The molecule has 0 bridgehead atoms. The minimum absolute atomic E-state index is 0.216. The van der Waals surface area contributed by atoms with Gasteiger partial charge in [0.15, 0.2) is 0 Å². The number of nitrogens with zero attached hydrogens (tertiary/aromatic N) is 3. The second-order valence-electron chi connectivity index (χ2n) is 3.86. The number of anilines is 1. The molecule has 2 atom stereocenters. The summed E-state index contributed by atoms with van der Waals surface area (Å²) < 4.78 is 5.64. The van der Waals surface area contributed by atoms with Gasteiger partial charge in [-0.3, -0.25) is 0 Å². The first kappa shape index (κ1) is 10.6. The molecule has 0 aliphatic carbocycles. The van der Waals surface area contributed by atoms with Crippen LogP contribution in [-0.2, 0) is 4.74 Å². The summed E-state index contributed by atoms with van der Waals surface area (Å²) in [5.41, 5.74) is 0. The zero-order chi connectivity index (χ0) is 10.8. The highest BCUT2D eigenvalue weighted by molar-refractivity contribution is 6.30. The first-order valence-corrected chi connectivity index (χ1v) is 5.41. The Morgan fingerprint density at radius 1 is 1.27 bits per heavy atom. The minimum Gasteiger partial charge on any atom is -0.372 e. The average molecular weight is 228 g/mol. The Bertz CT molecular complexity index is 320. The molecule has 82 valence electrons. The summed E-state index contributed by atoms with van der Waals surface area (Å²) in [6, 6.07) is 0. The second-order valence-corrected chi connectivity index (χ2v) is 4.30. The summed E-state index contributed by atoms with van der Waals surface area (Å²) in [6.07, 6.45) is 3.67. The van der Waals surface area contributed by atoms with Crippen molar-refractivity contribution in [3.63, 3.8) is 0 Å². The van der Waals surface area contributed by atoms with Crippen LogP contribution in [0.5, 0.6) is 0 Å². The first-order valence-electron chi connectivity index (χ1n) is 5.03. The summed E-state index contributed by atoms with van der Waals surface area (Å²) >= 11 is 5.74. The SMILES string of the molecule is C[C@@H]1CN(c2ncc(Cl)cn2)C[C@H](C)O1. The lowest BCUT2D eigenvalue weighted by Crippen LogP contribution is -2.46. The number of hydrogen-bond donors (Lipinski definition) is 0. The first-order chi connectivity index (χ1) is 7.15. The molecule has 0 radical (unpaired) electrons. The summed E-state index contributed by atoms with van der Waals surface area (Å²) in [5.74, 6) is 0.724. The van der Waals surface area contributed by atoms with Crippen LogP contribution in [0.3, 0.4) is 0 Å². The van der Waals surface area contributed by atoms with E-state index in [4.69, 9.17) is 16.3 Å². The van der Waals surface area contributed by atoms with Crippen molar-refractivity contribution in [1.29, 1.82) is 0 Å². The van der Waals surface area contributed by atoms with Crippen LogP contribution in [0.1, 0.15) is 13.8 Å². The second kappa shape index (κ2) is 4.33. The third kappa shape index (κ3) is 2.58. The van der Waals surface area contributed by atoms with Gasteiger partial charge in [-0.1, -0.05) is 11.6 Å². The highest BCUT2D eigenvalue weighted by atomic mass is 35.5. The lowest BCUT2D eigenvalue weighted by Gasteiger charge is -2.35. The van der Waals surface area contributed by atoms with Crippen molar-refractivity contribution in [2.75, 3.05) is 18.0 Å². The predicted octanol–water partition coefficient (Wildman–Crippen LogP) is 1.74. The molecule has 4 nitrogen and oxygen atoms in total. The van der Waals surface area contributed by atoms with Gasteiger partial charge in [0.1, 0.15) is 0 Å². The highest BCUT2D eigenvalue weighted by Crippen LogP contribution is 2.16. The van der Waals surface area contributed by atoms with E-state index in [1.54, 1.807) is 12.4 Å². The third-order valence-corrected chi connectivity index (χ3v) is 2.50. The van der Waals surface area contributed by atoms with Crippen molar-refractivity contribution < 1.29 is 4.74 Å². The van der Waals surface area contributed by atoms with Crippen molar-refractivity contribution in [2.45, 2.75) is 26.1 Å². The lowest BCUT2D eigenvalue weighted by atomic mass is 10.2. The molecular formula is C10H14ClN3O. The maximum atomic E-state index is 5.74. The van der Waals surface area contributed by atoms with E-state index in [1.165, 1.54) is 0 Å². The minimum atomic E-state index is 0.216. The zero-order valence-electron chi connectivity index (χ0n) is 8.85. The van der Waals surface area contributed by atoms with Crippen molar-refractivity contribution in [1.82, 2.24) is 9.97 Å². The Morgan fingerprint density at radius 2 is 1.80 bits per heavy atom. The van der Waals surface area contributed by atoms with E-state index in [2.05, 4.69) is 28.7 Å². The fourth-order valence-corrected chi connectivity index (χ4v) is 1.91. The van der Waals surface area contributed by atoms with Gasteiger partial charge in [-0.25, -0.2) is 9.97 Å². The van der Waals surface area contributed by atoms with Crippen LogP contribution >= 0.6 is 11.6 Å². The summed E-state index contributed by atoms with van der Waals surface area (Å²) in [6.45, 7) is 5.76. The quantitative estimate of drug-likeness (QED) is 0.733. The van der Waals surface area contributed by atoms with Gasteiger partial charge in [0, 0.05) is 13.1 Å². The van der Waals surface area contributed by atoms with E-state index < -0.39 is 0 Å². The Balaban J connectivity index is 2.12. The maximum absolute atomic E-state index is 5.74. The fourth-order valence-electron chi connectivity index (χ4n) is 1.81. The van der Waals surface area contributed by atoms with Gasteiger partial charge in [0.25, 0.3) is 0 Å². The van der Waals surface area contributed by atoms with E-state index in [-0.39, 0.29) is 12.2 Å². The van der Waals surface area contributed by atoms with Crippen LogP contribution in [0.2, 0.25) is 5.02 Å². The largest absolute Gasteiger partial charge is 0.372 e. The Labute approximate surface area is 94.2 Å². The van der Waals surface area contributed by atoms with Gasteiger partial charge >= 0.3 is 0 Å². The Hall–Kier alpha value is -0.870. The van der Waals surface area contributed by atoms with Gasteiger partial charge < -0.3 is 9.64 Å². The normalized spacial score (nSPS) is 26.7. The standard InChI is InChI=1S/C10H14ClN3O/c1-7-5-14(6-8(2)15-7)10-12-3-9(11)4-13-10/h3-4,7-8H,5-6H2,1-2H3/t7-,8+. The van der Waals surface area contributed by atoms with E-state index in [1.807, 2.05) is 0 Å². The molecule has 0 unspecified atom stereocenters. The van der Waals surface area contributed by atoms with Crippen LogP contribution in [0, 0.1) is 0 Å². The maximum Gasteiger partial charge on any atom is 0.225 e. The van der Waals surface area contributed by atoms with E-state index in [0.29, 0.717) is 5.02 Å². The van der Waals surface area contributed by atoms with Crippen molar-refractivity contribution in [3.8, 4) is 0 Å². The Kier molecular flexibility index (Phi) is 3.07. The van der Waals surface area contributed by atoms with Gasteiger partial charge in [-0.2, -0.15) is 0 Å². The molecule has 0 N–H and O–H groups in total. The molecule has 1 fully saturated rings. The highest BCUT2D eigenvalue weighted by Gasteiger charge is 2.23. The molecule has 15 heavy (non-hydrogen) atoms. The van der Waals surface area contributed by atoms with Crippen molar-refractivity contribution in [3.05, 3.63) is 17.4 Å². The molecular weight excluding hydrogens is 214 g/mol. The third-order valence-electron chi connectivity index (χ3n) is 2.31. The van der Waals surface area contributed by atoms with Crippen LogP contribution in [0.4, 0.5) is 5.95 Å². The lowest BCUT2D eigenvalue weighted by molar-refractivity contribution is -0.00571. The van der Waals surface area contributed by atoms with E-state index >= 15 is 0 Å². The molecule has 5 heteroatoms. The van der Waals surface area contributed by atoms with Crippen LogP contribution < -0.4 is 4.90 Å². The summed E-state index contributed by atoms with van der Waals surface area (Å²) in [5, 5.41) is 0.563. The predicted molar refractivity (Wildman–Crippen MR) is 59.3 cm³/mol. The average Bonchev–Trinajstić information content (AvgIpc) is 2.17. The monoisotopic (exact) mass is 227 g/mol. The fraction of sp³-hybridized carbons (Fsp3) is 0.600. The molecule has 0 aromatic carbocycles. The van der Waals surface area contributed by atoms with Gasteiger partial charge in [0.2, 0.25) is 5.95 Å². The molecule has 0 saturated carbocycles. The van der Waals surface area contributed by atoms with Crippen LogP contribution in [0.15, 0.2) is 12.4 Å². The van der Waals surface area contributed by atoms with Gasteiger partial charge in [-0.15, -0.1) is 0 Å². The number of rotatable bonds is 1. The molecule has 0 amide bonds. The molecule has 0 spiro atoms. The molecule has 1 aliphatic heterocycles. The van der Waals surface area contributed by atoms with Gasteiger partial charge in [-0.05, 0) is 13.8 Å². The number of aromatic nitrogens is 2. The molecule has 1 saturated heterocycles.